The molecule has 1 atom stereocenters. The van der Waals surface area contributed by atoms with E-state index in [-0.39, 0.29) is 23.1 Å². The van der Waals surface area contributed by atoms with Crippen LogP contribution in [0.1, 0.15) is 18.4 Å². The summed E-state index contributed by atoms with van der Waals surface area (Å²) in [6, 6.07) is 6.97. The van der Waals surface area contributed by atoms with Crippen molar-refractivity contribution in [1.29, 1.82) is 0 Å². The number of amides is 1. The van der Waals surface area contributed by atoms with Crippen molar-refractivity contribution in [2.45, 2.75) is 19.8 Å². The zero-order valence-electron chi connectivity index (χ0n) is 16.7. The van der Waals surface area contributed by atoms with Crippen LogP contribution < -0.4 is 26.2 Å². The highest BCUT2D eigenvalue weighted by atomic mass is 16.5. The van der Waals surface area contributed by atoms with Crippen molar-refractivity contribution in [2.75, 3.05) is 30.4 Å². The molecule has 0 spiro atoms. The summed E-state index contributed by atoms with van der Waals surface area (Å²) in [4.78, 5) is 39.0. The summed E-state index contributed by atoms with van der Waals surface area (Å²) in [6.07, 6.45) is 1.57. The van der Waals surface area contributed by atoms with Gasteiger partial charge in [-0.25, -0.2) is 4.79 Å². The Kier molecular flexibility index (Phi) is 5.58. The largest absolute Gasteiger partial charge is 0.497 e. The third-order valence-electron chi connectivity index (χ3n) is 5.31. The van der Waals surface area contributed by atoms with Gasteiger partial charge in [0.2, 0.25) is 5.91 Å². The quantitative estimate of drug-likeness (QED) is 0.855. The molecule has 1 unspecified atom stereocenters. The van der Waals surface area contributed by atoms with Crippen LogP contribution in [0.15, 0.2) is 33.9 Å². The minimum atomic E-state index is -0.372. The Hall–Kier alpha value is -3.03. The van der Waals surface area contributed by atoms with Crippen molar-refractivity contribution in [3.05, 3.63) is 50.7 Å². The molecule has 2 aromatic rings. The molecule has 0 aliphatic carbocycles. The molecule has 1 aromatic carbocycles. The molecule has 1 saturated heterocycles. The van der Waals surface area contributed by atoms with Crippen LogP contribution in [0.2, 0.25) is 0 Å². The van der Waals surface area contributed by atoms with Crippen LogP contribution in [0, 0.1) is 12.8 Å². The molecular weight excluding hydrogens is 360 g/mol. The van der Waals surface area contributed by atoms with E-state index in [2.05, 4.69) is 5.32 Å². The van der Waals surface area contributed by atoms with E-state index >= 15 is 0 Å². The maximum atomic E-state index is 12.8. The van der Waals surface area contributed by atoms with E-state index in [1.54, 1.807) is 14.2 Å². The molecule has 2 heterocycles. The second-order valence-electron chi connectivity index (χ2n) is 7.20. The molecule has 150 valence electrons. The molecule has 1 N–H and O–H groups in total. The Morgan fingerprint density at radius 2 is 1.93 bits per heavy atom. The van der Waals surface area contributed by atoms with Crippen LogP contribution in [0.5, 0.6) is 5.75 Å². The van der Waals surface area contributed by atoms with Crippen LogP contribution in [0.25, 0.3) is 0 Å². The van der Waals surface area contributed by atoms with Crippen molar-refractivity contribution in [3.63, 3.8) is 0 Å². The molecule has 0 bridgehead atoms. The number of carbonyl (C=O) groups is 1. The minimum absolute atomic E-state index is 0.0631. The SMILES string of the molecule is COc1ccc(NC(=O)C2CCCN(c3cc(=O)n(C)c(=O)n3C)C2)c(C)c1. The molecule has 1 aliphatic heterocycles. The summed E-state index contributed by atoms with van der Waals surface area (Å²) < 4.78 is 7.73. The number of nitrogens with one attached hydrogen (secondary N) is 1. The first-order chi connectivity index (χ1) is 13.3. The number of hydrogen-bond donors (Lipinski definition) is 1. The van der Waals surface area contributed by atoms with Gasteiger partial charge in [-0.05, 0) is 43.5 Å². The van der Waals surface area contributed by atoms with Gasteiger partial charge in [0.25, 0.3) is 5.56 Å². The van der Waals surface area contributed by atoms with Gasteiger partial charge in [-0.15, -0.1) is 0 Å². The third kappa shape index (κ3) is 3.81. The lowest BCUT2D eigenvalue weighted by atomic mass is 9.96. The van der Waals surface area contributed by atoms with E-state index < -0.39 is 0 Å². The summed E-state index contributed by atoms with van der Waals surface area (Å²) in [7, 11) is 4.70. The topological polar surface area (TPSA) is 85.6 Å². The summed E-state index contributed by atoms with van der Waals surface area (Å²) >= 11 is 0. The average Bonchev–Trinajstić information content (AvgIpc) is 2.70. The molecule has 1 amide bonds. The van der Waals surface area contributed by atoms with Crippen LogP contribution in [-0.2, 0) is 18.9 Å². The summed E-state index contributed by atoms with van der Waals surface area (Å²) in [6.45, 7) is 3.08. The Morgan fingerprint density at radius 3 is 2.61 bits per heavy atom. The number of rotatable bonds is 4. The first kappa shape index (κ1) is 19.7. The van der Waals surface area contributed by atoms with Crippen molar-refractivity contribution < 1.29 is 9.53 Å². The van der Waals surface area contributed by atoms with Crippen molar-refractivity contribution in [2.24, 2.45) is 20.0 Å². The predicted molar refractivity (Wildman–Crippen MR) is 108 cm³/mol. The first-order valence-electron chi connectivity index (χ1n) is 9.29. The number of carbonyl (C=O) groups excluding carboxylic acids is 1. The highest BCUT2D eigenvalue weighted by molar-refractivity contribution is 5.93. The Bertz CT molecular complexity index is 1010. The van der Waals surface area contributed by atoms with Gasteiger partial charge in [-0.2, -0.15) is 0 Å². The van der Waals surface area contributed by atoms with E-state index in [1.807, 2.05) is 30.0 Å². The van der Waals surface area contributed by atoms with Gasteiger partial charge in [0.05, 0.1) is 13.0 Å². The number of anilines is 2. The summed E-state index contributed by atoms with van der Waals surface area (Å²) in [5, 5.41) is 2.99. The molecule has 0 saturated carbocycles. The van der Waals surface area contributed by atoms with Crippen LogP contribution in [-0.4, -0.2) is 35.2 Å². The van der Waals surface area contributed by atoms with Crippen LogP contribution in [0.3, 0.4) is 0 Å². The Morgan fingerprint density at radius 1 is 1.18 bits per heavy atom. The molecule has 28 heavy (non-hydrogen) atoms. The zero-order chi connectivity index (χ0) is 20.4. The van der Waals surface area contributed by atoms with Gasteiger partial charge in [-0.1, -0.05) is 0 Å². The lowest BCUT2D eigenvalue weighted by Crippen LogP contribution is -2.45. The number of aromatic nitrogens is 2. The molecule has 1 aromatic heterocycles. The van der Waals surface area contributed by atoms with Gasteiger partial charge in [0, 0.05) is 38.9 Å². The second kappa shape index (κ2) is 7.92. The number of benzene rings is 1. The van der Waals surface area contributed by atoms with Crippen molar-refractivity contribution >= 4 is 17.4 Å². The van der Waals surface area contributed by atoms with E-state index in [4.69, 9.17) is 4.74 Å². The Balaban J connectivity index is 1.77. The molecule has 8 heteroatoms. The monoisotopic (exact) mass is 386 g/mol. The lowest BCUT2D eigenvalue weighted by molar-refractivity contribution is -0.120. The van der Waals surface area contributed by atoms with E-state index in [1.165, 1.54) is 17.7 Å². The second-order valence-corrected chi connectivity index (χ2v) is 7.20. The van der Waals surface area contributed by atoms with Crippen molar-refractivity contribution in [1.82, 2.24) is 9.13 Å². The number of piperidine rings is 1. The van der Waals surface area contributed by atoms with Crippen molar-refractivity contribution in [3.8, 4) is 5.75 Å². The van der Waals surface area contributed by atoms with Gasteiger partial charge >= 0.3 is 5.69 Å². The number of hydrogen-bond acceptors (Lipinski definition) is 5. The van der Waals surface area contributed by atoms with Crippen LogP contribution in [0.4, 0.5) is 11.5 Å². The fourth-order valence-corrected chi connectivity index (χ4v) is 3.56. The highest BCUT2D eigenvalue weighted by Crippen LogP contribution is 2.25. The fourth-order valence-electron chi connectivity index (χ4n) is 3.56. The smallest absolute Gasteiger partial charge is 0.332 e. The predicted octanol–water partition coefficient (Wildman–Crippen LogP) is 1.26. The van der Waals surface area contributed by atoms with E-state index in [0.29, 0.717) is 18.9 Å². The molecule has 0 radical (unpaired) electrons. The van der Waals surface area contributed by atoms with Gasteiger partial charge < -0.3 is 15.0 Å². The highest BCUT2D eigenvalue weighted by Gasteiger charge is 2.28. The van der Waals surface area contributed by atoms with Gasteiger partial charge in [0.1, 0.15) is 11.6 Å². The van der Waals surface area contributed by atoms with E-state index in [0.717, 1.165) is 34.4 Å². The lowest BCUT2D eigenvalue weighted by Gasteiger charge is -2.34. The first-order valence-corrected chi connectivity index (χ1v) is 9.29. The number of aryl methyl sites for hydroxylation is 1. The molecule has 1 aliphatic rings. The molecule has 8 nitrogen and oxygen atoms in total. The van der Waals surface area contributed by atoms with Gasteiger partial charge in [0.15, 0.2) is 0 Å². The maximum absolute atomic E-state index is 12.8. The number of ether oxygens (including phenoxy) is 1. The summed E-state index contributed by atoms with van der Waals surface area (Å²) in [5.74, 6) is 0.998. The minimum Gasteiger partial charge on any atom is -0.497 e. The average molecular weight is 386 g/mol. The standard InChI is InChI=1S/C20H26N4O4/c1-13-10-15(28-4)7-8-16(13)21-19(26)14-6-5-9-24(12-14)17-11-18(25)23(3)20(27)22(17)2/h7-8,10-11,14H,5-6,9,12H2,1-4H3,(H,21,26). The molecular formula is C20H26N4O4. The fraction of sp³-hybridized carbons (Fsp3) is 0.450. The van der Waals surface area contributed by atoms with Crippen LogP contribution >= 0.6 is 0 Å². The van der Waals surface area contributed by atoms with E-state index in [9.17, 15) is 14.4 Å². The Labute approximate surface area is 163 Å². The summed E-state index contributed by atoms with van der Waals surface area (Å²) in [5.41, 5.74) is 0.958. The molecule has 1 fully saturated rings. The number of methoxy groups -OCH3 is 1. The third-order valence-corrected chi connectivity index (χ3v) is 5.31. The zero-order valence-corrected chi connectivity index (χ0v) is 16.7. The molecule has 3 rings (SSSR count). The number of nitrogens with zero attached hydrogens (tertiary/aromatic N) is 3. The normalized spacial score (nSPS) is 16.7. The van der Waals surface area contributed by atoms with Gasteiger partial charge in [-0.3, -0.25) is 18.7 Å². The maximum Gasteiger partial charge on any atom is 0.332 e.